The molecule has 0 saturated carbocycles. The van der Waals surface area contributed by atoms with Gasteiger partial charge in [-0.15, -0.1) is 0 Å². The summed E-state index contributed by atoms with van der Waals surface area (Å²) in [4.78, 5) is 30.4. The molecule has 0 N–H and O–H groups in total. The number of carbonyl (C=O) groups is 2. The molecule has 1 unspecified atom stereocenters. The maximum atomic E-state index is 13.2. The topological polar surface area (TPSA) is 49.9 Å². The van der Waals surface area contributed by atoms with Crippen LogP contribution in [0.5, 0.6) is 0 Å². The highest BCUT2D eigenvalue weighted by Crippen LogP contribution is 2.19. The summed E-state index contributed by atoms with van der Waals surface area (Å²) in [5.41, 5.74) is 2.32. The van der Waals surface area contributed by atoms with Gasteiger partial charge in [0.1, 0.15) is 0 Å². The van der Waals surface area contributed by atoms with Gasteiger partial charge in [0.2, 0.25) is 5.91 Å². The minimum absolute atomic E-state index is 0.146. The van der Waals surface area contributed by atoms with Crippen LogP contribution in [0.1, 0.15) is 168 Å². The summed E-state index contributed by atoms with van der Waals surface area (Å²) in [6.45, 7) is 18.3. The van der Waals surface area contributed by atoms with Crippen LogP contribution in [0.4, 0.5) is 0 Å². The van der Waals surface area contributed by atoms with E-state index in [1.54, 1.807) is 0 Å². The van der Waals surface area contributed by atoms with E-state index < -0.39 is 0 Å². The molecule has 0 bridgehead atoms. The average molecular weight is 681 g/mol. The van der Waals surface area contributed by atoms with Crippen molar-refractivity contribution in [3.8, 4) is 0 Å². The van der Waals surface area contributed by atoms with Gasteiger partial charge in [-0.3, -0.25) is 9.59 Å². The van der Waals surface area contributed by atoms with Crippen LogP contribution < -0.4 is 0 Å². The molecule has 1 atom stereocenters. The van der Waals surface area contributed by atoms with Crippen LogP contribution in [0.15, 0.2) is 48.6 Å². The van der Waals surface area contributed by atoms with E-state index in [0.29, 0.717) is 24.9 Å². The van der Waals surface area contributed by atoms with Gasteiger partial charge < -0.3 is 14.5 Å². The van der Waals surface area contributed by atoms with Crippen molar-refractivity contribution in [1.82, 2.24) is 9.80 Å². The Kier molecular flexibility index (Phi) is 27.7. The predicted octanol–water partition coefficient (Wildman–Crippen LogP) is 11.5. The Morgan fingerprint density at radius 2 is 1.27 bits per heavy atom. The monoisotopic (exact) mass is 681 g/mol. The number of carbonyl (C=O) groups excluding carboxylic acids is 2. The zero-order chi connectivity index (χ0) is 36.0. The van der Waals surface area contributed by atoms with Crippen LogP contribution in [0.25, 0.3) is 0 Å². The first kappa shape index (κ1) is 44.6. The normalized spacial score (nSPS) is 12.5. The third kappa shape index (κ3) is 23.6. The molecule has 0 spiro atoms. The second-order valence-electron chi connectivity index (χ2n) is 14.4. The van der Waals surface area contributed by atoms with E-state index in [1.807, 2.05) is 6.92 Å². The molecule has 0 aliphatic rings. The minimum atomic E-state index is -0.248. The number of allylic oxidation sites excluding steroid dienone is 4. The number of nitrogens with zero attached hydrogens (tertiary/aromatic N) is 2. The SMILES string of the molecule is CCCCCCCC/C=C/C/C=C/CCCCC(=O)N(CCCCCCOC(=O)C(C)c1ccc(CC(C)C)cc1)CCCN(CC)CC. The van der Waals surface area contributed by atoms with Crippen molar-refractivity contribution in [2.75, 3.05) is 39.3 Å². The Balaban J connectivity index is 2.31. The van der Waals surface area contributed by atoms with E-state index in [1.165, 1.54) is 50.5 Å². The lowest BCUT2D eigenvalue weighted by molar-refractivity contribution is -0.145. The van der Waals surface area contributed by atoms with Gasteiger partial charge in [-0.1, -0.05) is 122 Å². The number of benzene rings is 1. The third-order valence-corrected chi connectivity index (χ3v) is 9.53. The zero-order valence-electron chi connectivity index (χ0n) is 32.9. The summed E-state index contributed by atoms with van der Waals surface area (Å²) in [5.74, 6) is 0.532. The number of ether oxygens (including phenoxy) is 1. The minimum Gasteiger partial charge on any atom is -0.465 e. The van der Waals surface area contributed by atoms with Crippen LogP contribution in [-0.2, 0) is 20.7 Å². The van der Waals surface area contributed by atoms with Crippen molar-refractivity contribution < 1.29 is 14.3 Å². The van der Waals surface area contributed by atoms with Crippen LogP contribution in [0, 0.1) is 5.92 Å². The summed E-state index contributed by atoms with van der Waals surface area (Å²) in [6, 6.07) is 8.39. The Morgan fingerprint density at radius 3 is 1.92 bits per heavy atom. The number of unbranched alkanes of at least 4 members (excludes halogenated alkanes) is 11. The zero-order valence-corrected chi connectivity index (χ0v) is 32.9. The standard InChI is InChI=1S/C44H76N2O3/c1-7-10-11-12-13-14-15-16-17-18-19-20-21-22-25-29-43(47)46(36-28-34-45(8-2)9-3)35-26-23-24-27-37-49-44(48)40(6)42-32-30-41(31-33-42)38-39(4)5/h16-17,19-20,30-33,39-40H,7-15,18,21-29,34-38H2,1-6H3/b17-16+,20-19+. The lowest BCUT2D eigenvalue weighted by Gasteiger charge is -2.25. The molecule has 0 aliphatic heterocycles. The summed E-state index contributed by atoms with van der Waals surface area (Å²) in [7, 11) is 0. The van der Waals surface area contributed by atoms with Crippen LogP contribution >= 0.6 is 0 Å². The molecular weight excluding hydrogens is 604 g/mol. The highest BCUT2D eigenvalue weighted by atomic mass is 16.5. The summed E-state index contributed by atoms with van der Waals surface area (Å²) < 4.78 is 5.62. The van der Waals surface area contributed by atoms with Crippen molar-refractivity contribution in [1.29, 1.82) is 0 Å². The molecule has 0 heterocycles. The number of hydrogen-bond acceptors (Lipinski definition) is 4. The second kappa shape index (κ2) is 30.4. The Morgan fingerprint density at radius 1 is 0.673 bits per heavy atom. The van der Waals surface area contributed by atoms with E-state index in [4.69, 9.17) is 4.74 Å². The Hall–Kier alpha value is -2.40. The molecular formula is C44H76N2O3. The van der Waals surface area contributed by atoms with E-state index in [9.17, 15) is 9.59 Å². The molecule has 1 rings (SSSR count). The molecule has 5 nitrogen and oxygen atoms in total. The van der Waals surface area contributed by atoms with Crippen molar-refractivity contribution in [3.63, 3.8) is 0 Å². The fourth-order valence-electron chi connectivity index (χ4n) is 6.24. The number of rotatable bonds is 31. The smallest absolute Gasteiger partial charge is 0.313 e. The summed E-state index contributed by atoms with van der Waals surface area (Å²) in [5, 5.41) is 0. The summed E-state index contributed by atoms with van der Waals surface area (Å²) in [6.07, 6.45) is 29.3. The van der Waals surface area contributed by atoms with Gasteiger partial charge in [-0.2, -0.15) is 0 Å². The van der Waals surface area contributed by atoms with Gasteiger partial charge in [0.15, 0.2) is 0 Å². The maximum absolute atomic E-state index is 13.2. The first-order valence-electron chi connectivity index (χ1n) is 20.4. The largest absolute Gasteiger partial charge is 0.465 e. The fraction of sp³-hybridized carbons (Fsp3) is 0.727. The molecule has 1 amide bonds. The molecule has 280 valence electrons. The molecule has 5 heteroatoms. The molecule has 49 heavy (non-hydrogen) atoms. The quantitative estimate of drug-likeness (QED) is 0.0445. The highest BCUT2D eigenvalue weighted by molar-refractivity contribution is 5.77. The molecule has 0 fully saturated rings. The number of esters is 1. The molecule has 0 radical (unpaired) electrons. The van der Waals surface area contributed by atoms with Crippen LogP contribution in [0.2, 0.25) is 0 Å². The maximum Gasteiger partial charge on any atom is 0.313 e. The fourth-order valence-corrected chi connectivity index (χ4v) is 6.24. The van der Waals surface area contributed by atoms with E-state index in [0.717, 1.165) is 102 Å². The van der Waals surface area contributed by atoms with Crippen LogP contribution in [0.3, 0.4) is 0 Å². The molecule has 1 aromatic carbocycles. The average Bonchev–Trinajstić information content (AvgIpc) is 3.10. The molecule has 1 aromatic rings. The first-order valence-corrected chi connectivity index (χ1v) is 20.4. The summed E-state index contributed by atoms with van der Waals surface area (Å²) >= 11 is 0. The molecule has 0 saturated heterocycles. The lowest BCUT2D eigenvalue weighted by Crippen LogP contribution is -2.35. The number of hydrogen-bond donors (Lipinski definition) is 0. The van der Waals surface area contributed by atoms with Crippen molar-refractivity contribution >= 4 is 11.9 Å². The van der Waals surface area contributed by atoms with Crippen LogP contribution in [-0.4, -0.2) is 61.0 Å². The van der Waals surface area contributed by atoms with Gasteiger partial charge in [0.05, 0.1) is 12.5 Å². The Labute approximate surface area is 303 Å². The Bertz CT molecular complexity index is 996. The van der Waals surface area contributed by atoms with Gasteiger partial charge >= 0.3 is 5.97 Å². The van der Waals surface area contributed by atoms with E-state index in [-0.39, 0.29) is 11.9 Å². The van der Waals surface area contributed by atoms with Gasteiger partial charge in [-0.05, 0) is 114 Å². The second-order valence-corrected chi connectivity index (χ2v) is 14.4. The number of amides is 1. The van der Waals surface area contributed by atoms with E-state index >= 15 is 0 Å². The third-order valence-electron chi connectivity index (χ3n) is 9.53. The van der Waals surface area contributed by atoms with E-state index in [2.05, 4.69) is 93.0 Å². The van der Waals surface area contributed by atoms with Crippen molar-refractivity contribution in [3.05, 3.63) is 59.7 Å². The lowest BCUT2D eigenvalue weighted by atomic mass is 9.97. The first-order chi connectivity index (χ1) is 23.8. The predicted molar refractivity (Wildman–Crippen MR) is 211 cm³/mol. The molecule has 0 aromatic heterocycles. The highest BCUT2D eigenvalue weighted by Gasteiger charge is 2.17. The van der Waals surface area contributed by atoms with Gasteiger partial charge in [0, 0.05) is 19.5 Å². The molecule has 0 aliphatic carbocycles. The van der Waals surface area contributed by atoms with Crippen molar-refractivity contribution in [2.45, 2.75) is 163 Å². The van der Waals surface area contributed by atoms with Crippen molar-refractivity contribution in [2.24, 2.45) is 5.92 Å². The van der Waals surface area contributed by atoms with Gasteiger partial charge in [-0.25, -0.2) is 0 Å². The van der Waals surface area contributed by atoms with Gasteiger partial charge in [0.25, 0.3) is 0 Å².